The van der Waals surface area contributed by atoms with Crippen LogP contribution in [0.4, 0.5) is 5.69 Å². The number of nitrogens with zero attached hydrogens (tertiary/aromatic N) is 2. The van der Waals surface area contributed by atoms with Gasteiger partial charge in [-0.3, -0.25) is 13.9 Å². The van der Waals surface area contributed by atoms with Crippen LogP contribution in [-0.2, 0) is 26.2 Å². The molecule has 0 heterocycles. The molecule has 0 aliphatic rings. The van der Waals surface area contributed by atoms with E-state index in [1.807, 2.05) is 58.0 Å². The average Bonchev–Trinajstić information content (AvgIpc) is 2.76. The lowest BCUT2D eigenvalue weighted by Gasteiger charge is -2.32. The second-order valence-corrected chi connectivity index (χ2v) is 11.5. The molecule has 0 aliphatic heterocycles. The predicted octanol–water partition coefficient (Wildman–Crippen LogP) is 4.16. The smallest absolute Gasteiger partial charge is 0.244 e. The minimum Gasteiger partial charge on any atom is -0.352 e. The lowest BCUT2D eigenvalue weighted by Crippen LogP contribution is -2.52. The highest BCUT2D eigenvalue weighted by Gasteiger charge is 2.30. The van der Waals surface area contributed by atoms with Gasteiger partial charge >= 0.3 is 0 Å². The van der Waals surface area contributed by atoms with E-state index in [0.717, 1.165) is 38.1 Å². The monoisotopic (exact) mass is 551 g/mol. The van der Waals surface area contributed by atoms with E-state index in [1.54, 1.807) is 19.1 Å². The lowest BCUT2D eigenvalue weighted by molar-refractivity contribution is -0.139. The molecule has 186 valence electrons. The van der Waals surface area contributed by atoms with Gasteiger partial charge in [0.05, 0.1) is 11.9 Å². The van der Waals surface area contributed by atoms with E-state index < -0.39 is 28.5 Å². The molecule has 0 spiro atoms. The summed E-state index contributed by atoms with van der Waals surface area (Å²) in [6.07, 6.45) is 1.83. The highest BCUT2D eigenvalue weighted by atomic mass is 79.9. The van der Waals surface area contributed by atoms with Crippen molar-refractivity contribution in [1.29, 1.82) is 0 Å². The molecule has 7 nitrogen and oxygen atoms in total. The molecule has 2 rings (SSSR count). The van der Waals surface area contributed by atoms with Gasteiger partial charge in [-0.1, -0.05) is 41.1 Å². The minimum atomic E-state index is -3.75. The fourth-order valence-corrected chi connectivity index (χ4v) is 4.66. The number of nitrogens with one attached hydrogen (secondary N) is 1. The Morgan fingerprint density at radius 1 is 1.06 bits per heavy atom. The van der Waals surface area contributed by atoms with Gasteiger partial charge in [0.1, 0.15) is 12.6 Å². The predicted molar refractivity (Wildman–Crippen MR) is 140 cm³/mol. The number of anilines is 1. The number of benzene rings is 2. The van der Waals surface area contributed by atoms with Crippen molar-refractivity contribution in [3.8, 4) is 0 Å². The van der Waals surface area contributed by atoms with E-state index in [9.17, 15) is 18.0 Å². The first kappa shape index (κ1) is 27.9. The van der Waals surface area contributed by atoms with Crippen LogP contribution in [0.2, 0.25) is 0 Å². The molecular weight excluding hydrogens is 518 g/mol. The van der Waals surface area contributed by atoms with Gasteiger partial charge in [0.15, 0.2) is 0 Å². The molecule has 0 saturated heterocycles. The zero-order chi connectivity index (χ0) is 25.6. The van der Waals surface area contributed by atoms with Crippen molar-refractivity contribution in [2.24, 2.45) is 0 Å². The third kappa shape index (κ3) is 7.56. The normalized spacial score (nSPS) is 13.1. The lowest BCUT2D eigenvalue weighted by atomic mass is 10.1. The second kappa shape index (κ2) is 11.8. The number of sulfonamides is 1. The van der Waals surface area contributed by atoms with Crippen molar-refractivity contribution in [3.63, 3.8) is 0 Å². The summed E-state index contributed by atoms with van der Waals surface area (Å²) in [5.74, 6) is -0.745. The summed E-state index contributed by atoms with van der Waals surface area (Å²) in [5, 5.41) is 2.92. The SMILES string of the molecule is CC[C@H](C)NC(=O)[C@@H](C)N(Cc1cccc(Br)c1)C(=O)CN(c1ccc(C)c(C)c1)S(C)(=O)=O. The first-order valence-electron chi connectivity index (χ1n) is 11.2. The quantitative estimate of drug-likeness (QED) is 0.480. The van der Waals surface area contributed by atoms with Crippen LogP contribution in [0.25, 0.3) is 0 Å². The van der Waals surface area contributed by atoms with Gasteiger partial charge in [0.25, 0.3) is 0 Å². The molecule has 0 saturated carbocycles. The van der Waals surface area contributed by atoms with E-state index in [2.05, 4.69) is 21.2 Å². The molecule has 0 aromatic heterocycles. The Labute approximate surface area is 211 Å². The molecule has 0 radical (unpaired) electrons. The fourth-order valence-electron chi connectivity index (χ4n) is 3.37. The molecule has 1 N–H and O–H groups in total. The van der Waals surface area contributed by atoms with Crippen molar-refractivity contribution in [2.45, 2.75) is 59.7 Å². The van der Waals surface area contributed by atoms with Crippen molar-refractivity contribution in [2.75, 3.05) is 17.1 Å². The van der Waals surface area contributed by atoms with Gasteiger partial charge in [-0.25, -0.2) is 8.42 Å². The van der Waals surface area contributed by atoms with Gasteiger partial charge in [-0.2, -0.15) is 0 Å². The number of hydrogen-bond donors (Lipinski definition) is 1. The van der Waals surface area contributed by atoms with Crippen molar-refractivity contribution in [3.05, 3.63) is 63.6 Å². The van der Waals surface area contributed by atoms with Crippen LogP contribution in [0, 0.1) is 13.8 Å². The Morgan fingerprint density at radius 3 is 2.29 bits per heavy atom. The Hall–Kier alpha value is -2.39. The highest BCUT2D eigenvalue weighted by molar-refractivity contribution is 9.10. The number of carbonyl (C=O) groups excluding carboxylic acids is 2. The number of carbonyl (C=O) groups is 2. The van der Waals surface area contributed by atoms with Gasteiger partial charge < -0.3 is 10.2 Å². The number of aryl methyl sites for hydroxylation is 2. The van der Waals surface area contributed by atoms with Crippen LogP contribution >= 0.6 is 15.9 Å². The van der Waals surface area contributed by atoms with Crippen LogP contribution in [0.1, 0.15) is 43.9 Å². The van der Waals surface area contributed by atoms with Gasteiger partial charge in [0.2, 0.25) is 21.8 Å². The zero-order valence-electron chi connectivity index (χ0n) is 20.6. The van der Waals surface area contributed by atoms with Crippen molar-refractivity contribution < 1.29 is 18.0 Å². The first-order valence-corrected chi connectivity index (χ1v) is 13.9. The van der Waals surface area contributed by atoms with Crippen LogP contribution in [0.3, 0.4) is 0 Å². The van der Waals surface area contributed by atoms with Crippen LogP contribution in [-0.4, -0.2) is 50.0 Å². The Morgan fingerprint density at radius 2 is 1.74 bits per heavy atom. The standard InChI is InChI=1S/C25H34BrN3O4S/c1-7-19(4)27-25(31)20(5)28(15-21-9-8-10-22(26)14-21)24(30)16-29(34(6,32)33)23-12-11-17(2)18(3)13-23/h8-14,19-20H,7,15-16H2,1-6H3,(H,27,31)/t19-,20+/m0/s1. The Balaban J connectivity index is 2.41. The third-order valence-electron chi connectivity index (χ3n) is 5.87. The topological polar surface area (TPSA) is 86.8 Å². The maximum absolute atomic E-state index is 13.5. The molecule has 34 heavy (non-hydrogen) atoms. The second-order valence-electron chi connectivity index (χ2n) is 8.68. The van der Waals surface area contributed by atoms with Crippen molar-refractivity contribution in [1.82, 2.24) is 10.2 Å². The molecule has 2 atom stereocenters. The summed E-state index contributed by atoms with van der Waals surface area (Å²) >= 11 is 3.44. The minimum absolute atomic E-state index is 0.0409. The molecule has 9 heteroatoms. The van der Waals surface area contributed by atoms with Crippen molar-refractivity contribution >= 4 is 43.5 Å². The fraction of sp³-hybridized carbons (Fsp3) is 0.440. The molecule has 0 aliphatic carbocycles. The summed E-state index contributed by atoms with van der Waals surface area (Å²) < 4.78 is 27.2. The zero-order valence-corrected chi connectivity index (χ0v) is 23.0. The van der Waals surface area contributed by atoms with E-state index in [4.69, 9.17) is 0 Å². The Bertz CT molecular complexity index is 1140. The van der Waals surface area contributed by atoms with E-state index in [0.29, 0.717) is 5.69 Å². The molecule has 0 unspecified atom stereocenters. The van der Waals surface area contributed by atoms with E-state index >= 15 is 0 Å². The molecule has 0 bridgehead atoms. The molecule has 2 amide bonds. The largest absolute Gasteiger partial charge is 0.352 e. The van der Waals surface area contributed by atoms with E-state index in [1.165, 1.54) is 4.90 Å². The van der Waals surface area contributed by atoms with Gasteiger partial charge in [-0.05, 0) is 75.1 Å². The molecular formula is C25H34BrN3O4S. The summed E-state index contributed by atoms with van der Waals surface area (Å²) in [6, 6.07) is 11.9. The van der Waals surface area contributed by atoms with E-state index in [-0.39, 0.29) is 18.5 Å². The number of rotatable bonds is 10. The van der Waals surface area contributed by atoms with Crippen LogP contribution < -0.4 is 9.62 Å². The average molecular weight is 553 g/mol. The van der Waals surface area contributed by atoms with Gasteiger partial charge in [-0.15, -0.1) is 0 Å². The number of amides is 2. The van der Waals surface area contributed by atoms with Crippen LogP contribution in [0.15, 0.2) is 46.9 Å². The number of halogens is 1. The maximum atomic E-state index is 13.5. The summed E-state index contributed by atoms with van der Waals surface area (Å²) in [7, 11) is -3.75. The van der Waals surface area contributed by atoms with Gasteiger partial charge in [0, 0.05) is 17.1 Å². The molecule has 0 fully saturated rings. The maximum Gasteiger partial charge on any atom is 0.244 e. The van der Waals surface area contributed by atoms with Crippen LogP contribution in [0.5, 0.6) is 0 Å². The molecule has 2 aromatic carbocycles. The first-order chi connectivity index (χ1) is 15.8. The number of hydrogen-bond acceptors (Lipinski definition) is 4. The Kier molecular flexibility index (Phi) is 9.70. The summed E-state index contributed by atoms with van der Waals surface area (Å²) in [5.41, 5.74) is 3.18. The summed E-state index contributed by atoms with van der Waals surface area (Å²) in [6.45, 7) is 9.11. The summed E-state index contributed by atoms with van der Waals surface area (Å²) in [4.78, 5) is 27.9. The molecule has 2 aromatic rings. The highest BCUT2D eigenvalue weighted by Crippen LogP contribution is 2.22. The third-order valence-corrected chi connectivity index (χ3v) is 7.50.